The van der Waals surface area contributed by atoms with Gasteiger partial charge in [0.1, 0.15) is 11.6 Å². The number of amides is 1. The molecule has 11 heteroatoms. The first-order chi connectivity index (χ1) is 16.0. The van der Waals surface area contributed by atoms with Crippen molar-refractivity contribution >= 4 is 34.1 Å². The molecule has 0 spiro atoms. The number of ether oxygens (including phenoxy) is 1. The first-order valence-electron chi connectivity index (χ1n) is 10.3. The zero-order chi connectivity index (χ0) is 24.6. The van der Waals surface area contributed by atoms with Crippen molar-refractivity contribution in [2.24, 2.45) is 7.05 Å². The third-order valence-corrected chi connectivity index (χ3v) is 4.98. The van der Waals surface area contributed by atoms with Crippen molar-refractivity contribution in [3.05, 3.63) is 48.0 Å². The fourth-order valence-corrected chi connectivity index (χ4v) is 3.52. The zero-order valence-corrected chi connectivity index (χ0v) is 19.3. The van der Waals surface area contributed by atoms with E-state index in [4.69, 9.17) is 4.74 Å². The van der Waals surface area contributed by atoms with Gasteiger partial charge in [0.2, 0.25) is 11.7 Å². The summed E-state index contributed by atoms with van der Waals surface area (Å²) < 4.78 is 35.6. The van der Waals surface area contributed by atoms with Crippen LogP contribution in [0.1, 0.15) is 25.2 Å². The number of halogens is 2. The van der Waals surface area contributed by atoms with Crippen molar-refractivity contribution in [2.45, 2.75) is 26.7 Å². The molecule has 34 heavy (non-hydrogen) atoms. The SMILES string of the molecule is COc1cnc(NC(C)=O)cc1Nc1cc(-c2cc(C)c3nn(C)cc3c2)nc(C(C)(F)F)n1. The Bertz CT molecular complexity index is 1400. The van der Waals surface area contributed by atoms with Gasteiger partial charge in [0.15, 0.2) is 5.75 Å². The highest BCUT2D eigenvalue weighted by Gasteiger charge is 2.29. The monoisotopic (exact) mass is 467 g/mol. The van der Waals surface area contributed by atoms with Crippen molar-refractivity contribution in [1.82, 2.24) is 24.7 Å². The Balaban J connectivity index is 1.82. The lowest BCUT2D eigenvalue weighted by atomic mass is 10.0. The van der Waals surface area contributed by atoms with Gasteiger partial charge in [0.05, 0.1) is 30.2 Å². The molecule has 0 fully saturated rings. The summed E-state index contributed by atoms with van der Waals surface area (Å²) in [6.07, 6.45) is 3.26. The number of carbonyl (C=O) groups is 1. The van der Waals surface area contributed by atoms with E-state index in [9.17, 15) is 13.6 Å². The highest BCUT2D eigenvalue weighted by molar-refractivity contribution is 5.89. The summed E-state index contributed by atoms with van der Waals surface area (Å²) in [5, 5.41) is 10.9. The largest absolute Gasteiger partial charge is 0.493 e. The predicted molar refractivity (Wildman–Crippen MR) is 124 cm³/mol. The molecule has 0 aliphatic heterocycles. The maximum atomic E-state index is 14.3. The summed E-state index contributed by atoms with van der Waals surface area (Å²) in [6.45, 7) is 4.00. The third-order valence-electron chi connectivity index (χ3n) is 4.98. The van der Waals surface area contributed by atoms with E-state index in [1.165, 1.54) is 26.3 Å². The Morgan fingerprint density at radius 3 is 2.59 bits per heavy atom. The molecule has 9 nitrogen and oxygen atoms in total. The highest BCUT2D eigenvalue weighted by atomic mass is 19.3. The van der Waals surface area contributed by atoms with E-state index in [0.717, 1.165) is 23.4 Å². The van der Waals surface area contributed by atoms with E-state index in [0.29, 0.717) is 22.7 Å². The van der Waals surface area contributed by atoms with E-state index in [1.807, 2.05) is 32.3 Å². The summed E-state index contributed by atoms with van der Waals surface area (Å²) in [5.41, 5.74) is 3.07. The smallest absolute Gasteiger partial charge is 0.303 e. The molecule has 3 heterocycles. The molecule has 0 atom stereocenters. The molecule has 0 aliphatic rings. The molecule has 176 valence electrons. The number of hydrogen-bond acceptors (Lipinski definition) is 7. The van der Waals surface area contributed by atoms with E-state index >= 15 is 0 Å². The fraction of sp³-hybridized carbons (Fsp3) is 0.261. The number of rotatable bonds is 6. The Morgan fingerprint density at radius 2 is 1.91 bits per heavy atom. The molecule has 0 aliphatic carbocycles. The standard InChI is InChI=1S/C23H23F2N7O2/c1-12-6-14(7-15-11-32(4)31-21(12)15)16-8-20(30-22(29-16)23(3,24)25)28-17-9-19(27-13(2)33)26-10-18(17)34-5/h6-11H,1-5H3,(H2,26,27,28,29,30,33). The van der Waals surface area contributed by atoms with Crippen molar-refractivity contribution in [2.75, 3.05) is 17.7 Å². The number of aryl methyl sites for hydroxylation is 2. The summed E-state index contributed by atoms with van der Waals surface area (Å²) in [7, 11) is 3.27. The lowest BCUT2D eigenvalue weighted by Crippen LogP contribution is -2.14. The second kappa shape index (κ2) is 8.65. The predicted octanol–water partition coefficient (Wildman–Crippen LogP) is 4.56. The molecule has 0 saturated heterocycles. The molecule has 0 bridgehead atoms. The van der Waals surface area contributed by atoms with Gasteiger partial charge in [0, 0.05) is 50.2 Å². The van der Waals surface area contributed by atoms with Gasteiger partial charge >= 0.3 is 5.92 Å². The first kappa shape index (κ1) is 23.0. The summed E-state index contributed by atoms with van der Waals surface area (Å²) in [4.78, 5) is 23.7. The third kappa shape index (κ3) is 4.77. The number of hydrogen-bond donors (Lipinski definition) is 2. The molecule has 0 saturated carbocycles. The minimum atomic E-state index is -3.27. The normalized spacial score (nSPS) is 11.5. The van der Waals surface area contributed by atoms with E-state index in [2.05, 4.69) is 30.7 Å². The molecule has 1 aromatic carbocycles. The van der Waals surface area contributed by atoms with E-state index in [1.54, 1.807) is 10.7 Å². The fourth-order valence-electron chi connectivity index (χ4n) is 3.52. The Morgan fingerprint density at radius 1 is 1.15 bits per heavy atom. The number of methoxy groups -OCH3 is 1. The first-order valence-corrected chi connectivity index (χ1v) is 10.3. The van der Waals surface area contributed by atoms with Crippen LogP contribution >= 0.6 is 0 Å². The molecule has 2 N–H and O–H groups in total. The van der Waals surface area contributed by atoms with E-state index in [-0.39, 0.29) is 17.5 Å². The highest BCUT2D eigenvalue weighted by Crippen LogP contribution is 2.33. The number of aromatic nitrogens is 5. The number of carbonyl (C=O) groups excluding carboxylic acids is 1. The van der Waals surface area contributed by atoms with Gasteiger partial charge in [0.25, 0.3) is 0 Å². The average molecular weight is 467 g/mol. The number of fused-ring (bicyclic) bond motifs is 1. The second-order valence-electron chi connectivity index (χ2n) is 7.96. The summed E-state index contributed by atoms with van der Waals surface area (Å²) in [5.74, 6) is -3.48. The van der Waals surface area contributed by atoms with Crippen LogP contribution in [0.5, 0.6) is 5.75 Å². The van der Waals surface area contributed by atoms with Crippen molar-refractivity contribution < 1.29 is 18.3 Å². The average Bonchev–Trinajstić information content (AvgIpc) is 3.13. The quantitative estimate of drug-likeness (QED) is 0.428. The molecule has 4 rings (SSSR count). The minimum absolute atomic E-state index is 0.128. The maximum Gasteiger partial charge on any atom is 0.303 e. The van der Waals surface area contributed by atoms with Crippen molar-refractivity contribution in [3.63, 3.8) is 0 Å². The van der Waals surface area contributed by atoms with Crippen molar-refractivity contribution in [1.29, 1.82) is 0 Å². The van der Waals surface area contributed by atoms with Crippen LogP contribution in [0.3, 0.4) is 0 Å². The van der Waals surface area contributed by atoms with Crippen LogP contribution in [0.2, 0.25) is 0 Å². The van der Waals surface area contributed by atoms with Gasteiger partial charge < -0.3 is 15.4 Å². The van der Waals surface area contributed by atoms with Crippen LogP contribution in [-0.4, -0.2) is 37.7 Å². The molecular formula is C23H23F2N7O2. The molecule has 4 aromatic rings. The van der Waals surface area contributed by atoms with Crippen LogP contribution in [-0.2, 0) is 17.8 Å². The Labute approximate surface area is 194 Å². The number of benzene rings is 1. The van der Waals surface area contributed by atoms with Gasteiger partial charge in [-0.3, -0.25) is 9.48 Å². The van der Waals surface area contributed by atoms with Gasteiger partial charge in [-0.25, -0.2) is 15.0 Å². The number of anilines is 3. The molecule has 1 amide bonds. The van der Waals surface area contributed by atoms with Crippen molar-refractivity contribution in [3.8, 4) is 17.0 Å². The van der Waals surface area contributed by atoms with Crippen LogP contribution in [0.15, 0.2) is 36.7 Å². The number of nitrogens with zero attached hydrogens (tertiary/aromatic N) is 5. The van der Waals surface area contributed by atoms with Gasteiger partial charge in [-0.05, 0) is 24.6 Å². The molecular weight excluding hydrogens is 444 g/mol. The van der Waals surface area contributed by atoms with Crippen LogP contribution in [0, 0.1) is 6.92 Å². The van der Waals surface area contributed by atoms with Crippen LogP contribution < -0.4 is 15.4 Å². The number of pyridine rings is 1. The topological polar surface area (TPSA) is 107 Å². The number of alkyl halides is 2. The Hall–Kier alpha value is -4.15. The lowest BCUT2D eigenvalue weighted by Gasteiger charge is -2.16. The van der Waals surface area contributed by atoms with Gasteiger partial charge in [-0.2, -0.15) is 13.9 Å². The summed E-state index contributed by atoms with van der Waals surface area (Å²) >= 11 is 0. The molecule has 0 radical (unpaired) electrons. The van der Waals surface area contributed by atoms with Crippen LogP contribution in [0.25, 0.3) is 22.2 Å². The lowest BCUT2D eigenvalue weighted by molar-refractivity contribution is -0.114. The second-order valence-corrected chi connectivity index (χ2v) is 7.96. The molecule has 0 unspecified atom stereocenters. The number of nitrogens with one attached hydrogen (secondary N) is 2. The Kier molecular flexibility index (Phi) is 5.86. The summed E-state index contributed by atoms with van der Waals surface area (Å²) in [6, 6.07) is 6.80. The minimum Gasteiger partial charge on any atom is -0.493 e. The maximum absolute atomic E-state index is 14.3. The zero-order valence-electron chi connectivity index (χ0n) is 19.3. The van der Waals surface area contributed by atoms with Crippen LogP contribution in [0.4, 0.5) is 26.1 Å². The van der Waals surface area contributed by atoms with Gasteiger partial charge in [-0.15, -0.1) is 0 Å². The molecule has 3 aromatic heterocycles. The van der Waals surface area contributed by atoms with E-state index < -0.39 is 11.7 Å². The van der Waals surface area contributed by atoms with Gasteiger partial charge in [-0.1, -0.05) is 0 Å².